The summed E-state index contributed by atoms with van der Waals surface area (Å²) in [6.45, 7) is 6.85. The summed E-state index contributed by atoms with van der Waals surface area (Å²) in [6, 6.07) is 75.0. The first kappa shape index (κ1) is 36.4. The van der Waals surface area contributed by atoms with E-state index in [9.17, 15) is 0 Å². The van der Waals surface area contributed by atoms with E-state index in [1.54, 1.807) is 0 Å². The van der Waals surface area contributed by atoms with Crippen LogP contribution < -0.4 is 9.80 Å². The maximum Gasteiger partial charge on any atom is 0.137 e. The molecule has 2 aromatic heterocycles. The molecule has 1 aliphatic rings. The number of rotatable bonds is 8. The Morgan fingerprint density at radius 1 is 0.410 bits per heavy atom. The Labute approximate surface area is 357 Å². The maximum absolute atomic E-state index is 4.78. The van der Waals surface area contributed by atoms with E-state index in [2.05, 4.69) is 235 Å². The van der Waals surface area contributed by atoms with Crippen molar-refractivity contribution < 1.29 is 0 Å². The van der Waals surface area contributed by atoms with Gasteiger partial charge >= 0.3 is 0 Å². The predicted octanol–water partition coefficient (Wildman–Crippen LogP) is 15.4. The standard InChI is InChI=1S/C57H44N4/c1-39-25-28-44(29-26-39)59(42-16-6-4-7-17-42)46-34-41(40-27-32-55-51(36-40)50-21-11-13-23-54(50)61(55)56-24-14-15-33-58-56)35-47(37-46)60(43-18-8-5-9-19-43)45-30-31-49-48-20-10-12-22-52(48)57(2,3)53(49)38-45/h4-38H,1-3H3. The highest BCUT2D eigenvalue weighted by Gasteiger charge is 2.36. The second-order valence-electron chi connectivity index (χ2n) is 16.6. The zero-order chi connectivity index (χ0) is 41.1. The molecule has 4 nitrogen and oxygen atoms in total. The van der Waals surface area contributed by atoms with Gasteiger partial charge in [0.05, 0.1) is 11.0 Å². The number of aromatic nitrogens is 2. The minimum atomic E-state index is -0.142. The SMILES string of the molecule is Cc1ccc(N(c2ccccc2)c2cc(-c3ccc4c(c3)c3ccccc3n4-c3ccccn3)cc(N(c3ccccc3)c3ccc4c(c3)C(C)(C)c3ccccc3-4)c2)cc1. The molecule has 0 N–H and O–H groups in total. The Bertz CT molecular complexity index is 3220. The van der Waals surface area contributed by atoms with Crippen LogP contribution in [0.2, 0.25) is 0 Å². The van der Waals surface area contributed by atoms with Gasteiger partial charge in [-0.3, -0.25) is 4.57 Å². The lowest BCUT2D eigenvalue weighted by Crippen LogP contribution is -2.17. The summed E-state index contributed by atoms with van der Waals surface area (Å²) < 4.78 is 2.27. The van der Waals surface area contributed by atoms with Crippen LogP contribution in [0.15, 0.2) is 212 Å². The van der Waals surface area contributed by atoms with Crippen molar-refractivity contribution in [2.24, 2.45) is 0 Å². The summed E-state index contributed by atoms with van der Waals surface area (Å²) >= 11 is 0. The van der Waals surface area contributed by atoms with Gasteiger partial charge in [-0.25, -0.2) is 4.98 Å². The third kappa shape index (κ3) is 6.19. The molecule has 10 aromatic rings. The minimum absolute atomic E-state index is 0.142. The van der Waals surface area contributed by atoms with Crippen LogP contribution in [0, 0.1) is 6.92 Å². The number of aryl methyl sites for hydroxylation is 1. The molecular formula is C57H44N4. The number of hydrogen-bond donors (Lipinski definition) is 0. The molecule has 292 valence electrons. The first-order valence-electron chi connectivity index (χ1n) is 21.0. The summed E-state index contributed by atoms with van der Waals surface area (Å²) in [7, 11) is 0. The van der Waals surface area contributed by atoms with Crippen molar-refractivity contribution in [1.29, 1.82) is 0 Å². The summed E-state index contributed by atoms with van der Waals surface area (Å²) in [5.74, 6) is 0.904. The quantitative estimate of drug-likeness (QED) is 0.153. The van der Waals surface area contributed by atoms with E-state index in [-0.39, 0.29) is 5.41 Å². The number of benzene rings is 8. The number of hydrogen-bond acceptors (Lipinski definition) is 3. The van der Waals surface area contributed by atoms with Crippen molar-refractivity contribution in [2.75, 3.05) is 9.80 Å². The topological polar surface area (TPSA) is 24.3 Å². The maximum atomic E-state index is 4.78. The van der Waals surface area contributed by atoms with Crippen molar-refractivity contribution in [3.05, 3.63) is 229 Å². The van der Waals surface area contributed by atoms with Crippen LogP contribution in [0.4, 0.5) is 34.1 Å². The lowest BCUT2D eigenvalue weighted by Gasteiger charge is -2.31. The van der Waals surface area contributed by atoms with Gasteiger partial charge in [0.1, 0.15) is 5.82 Å². The van der Waals surface area contributed by atoms with Crippen molar-refractivity contribution >= 4 is 55.9 Å². The first-order valence-corrected chi connectivity index (χ1v) is 21.0. The molecule has 0 bridgehead atoms. The summed E-state index contributed by atoms with van der Waals surface area (Å²) in [5.41, 5.74) is 17.4. The molecule has 11 rings (SSSR count). The average molecular weight is 785 g/mol. The van der Waals surface area contributed by atoms with Crippen LogP contribution in [0.5, 0.6) is 0 Å². The lowest BCUT2D eigenvalue weighted by atomic mass is 9.82. The second kappa shape index (κ2) is 14.5. The van der Waals surface area contributed by atoms with Gasteiger partial charge in [-0.15, -0.1) is 0 Å². The number of fused-ring (bicyclic) bond motifs is 6. The van der Waals surface area contributed by atoms with E-state index in [0.717, 1.165) is 62.1 Å². The molecule has 0 aliphatic heterocycles. The van der Waals surface area contributed by atoms with E-state index in [1.807, 2.05) is 12.3 Å². The van der Waals surface area contributed by atoms with E-state index in [4.69, 9.17) is 4.98 Å². The Morgan fingerprint density at radius 3 is 1.72 bits per heavy atom. The molecule has 2 heterocycles. The van der Waals surface area contributed by atoms with Crippen molar-refractivity contribution in [3.8, 4) is 28.1 Å². The van der Waals surface area contributed by atoms with Crippen molar-refractivity contribution in [3.63, 3.8) is 0 Å². The van der Waals surface area contributed by atoms with Crippen LogP contribution in [-0.2, 0) is 5.41 Å². The molecular weight excluding hydrogens is 741 g/mol. The van der Waals surface area contributed by atoms with Gasteiger partial charge < -0.3 is 9.80 Å². The largest absolute Gasteiger partial charge is 0.310 e. The smallest absolute Gasteiger partial charge is 0.137 e. The molecule has 0 saturated heterocycles. The van der Waals surface area contributed by atoms with Gasteiger partial charge in [-0.1, -0.05) is 129 Å². The Hall–Kier alpha value is -7.69. The van der Waals surface area contributed by atoms with Crippen molar-refractivity contribution in [1.82, 2.24) is 9.55 Å². The van der Waals surface area contributed by atoms with Gasteiger partial charge in [-0.2, -0.15) is 0 Å². The van der Waals surface area contributed by atoms with Crippen LogP contribution in [0.1, 0.15) is 30.5 Å². The third-order valence-electron chi connectivity index (χ3n) is 12.4. The molecule has 61 heavy (non-hydrogen) atoms. The van der Waals surface area contributed by atoms with E-state index < -0.39 is 0 Å². The number of para-hydroxylation sites is 3. The Balaban J connectivity index is 1.16. The molecule has 0 saturated carbocycles. The molecule has 0 spiro atoms. The molecule has 0 fully saturated rings. The molecule has 4 heteroatoms. The molecule has 8 aromatic carbocycles. The van der Waals surface area contributed by atoms with Crippen molar-refractivity contribution in [2.45, 2.75) is 26.2 Å². The van der Waals surface area contributed by atoms with Gasteiger partial charge in [0.25, 0.3) is 0 Å². The number of nitrogens with zero attached hydrogens (tertiary/aromatic N) is 4. The minimum Gasteiger partial charge on any atom is -0.310 e. The normalized spacial score (nSPS) is 12.6. The Kier molecular flexibility index (Phi) is 8.68. The number of anilines is 6. The highest BCUT2D eigenvalue weighted by atomic mass is 15.2. The monoisotopic (exact) mass is 784 g/mol. The molecule has 0 amide bonds. The van der Waals surface area contributed by atoms with Gasteiger partial charge in [0.2, 0.25) is 0 Å². The second-order valence-corrected chi connectivity index (χ2v) is 16.6. The summed E-state index contributed by atoms with van der Waals surface area (Å²) in [6.07, 6.45) is 1.86. The van der Waals surface area contributed by atoms with E-state index >= 15 is 0 Å². The highest BCUT2D eigenvalue weighted by Crippen LogP contribution is 2.51. The fourth-order valence-electron chi connectivity index (χ4n) is 9.48. The zero-order valence-electron chi connectivity index (χ0n) is 34.5. The van der Waals surface area contributed by atoms with Crippen LogP contribution in [0.25, 0.3) is 49.9 Å². The van der Waals surface area contributed by atoms with Gasteiger partial charge in [0.15, 0.2) is 0 Å². The predicted molar refractivity (Wildman–Crippen MR) is 256 cm³/mol. The Morgan fingerprint density at radius 2 is 1.00 bits per heavy atom. The third-order valence-corrected chi connectivity index (χ3v) is 12.4. The zero-order valence-corrected chi connectivity index (χ0v) is 34.5. The molecule has 0 radical (unpaired) electrons. The fourth-order valence-corrected chi connectivity index (χ4v) is 9.48. The number of pyridine rings is 1. The average Bonchev–Trinajstić information content (AvgIpc) is 3.76. The van der Waals surface area contributed by atoms with Crippen LogP contribution >= 0.6 is 0 Å². The first-order chi connectivity index (χ1) is 29.9. The fraction of sp³-hybridized carbons (Fsp3) is 0.0702. The molecule has 0 unspecified atom stereocenters. The molecule has 1 aliphatic carbocycles. The van der Waals surface area contributed by atoms with Crippen LogP contribution in [0.3, 0.4) is 0 Å². The summed E-state index contributed by atoms with van der Waals surface area (Å²) in [5, 5.41) is 2.38. The van der Waals surface area contributed by atoms with E-state index in [1.165, 1.54) is 38.6 Å². The highest BCUT2D eigenvalue weighted by molar-refractivity contribution is 6.10. The van der Waals surface area contributed by atoms with Crippen LogP contribution in [-0.4, -0.2) is 9.55 Å². The lowest BCUT2D eigenvalue weighted by molar-refractivity contribution is 0.660. The summed E-state index contributed by atoms with van der Waals surface area (Å²) in [4.78, 5) is 9.58. The van der Waals surface area contributed by atoms with E-state index in [0.29, 0.717) is 0 Å². The van der Waals surface area contributed by atoms with Gasteiger partial charge in [-0.05, 0) is 137 Å². The van der Waals surface area contributed by atoms with Gasteiger partial charge in [0, 0.05) is 56.5 Å². The molecule has 0 atom stereocenters.